The van der Waals surface area contributed by atoms with Gasteiger partial charge < -0.3 is 4.74 Å². The van der Waals surface area contributed by atoms with E-state index in [1.807, 2.05) is 17.0 Å². The van der Waals surface area contributed by atoms with Crippen LogP contribution in [0.5, 0.6) is 0 Å². The molecule has 1 atom stereocenters. The van der Waals surface area contributed by atoms with Gasteiger partial charge in [0.15, 0.2) is 0 Å². The Morgan fingerprint density at radius 1 is 1.25 bits per heavy atom. The van der Waals surface area contributed by atoms with Crippen molar-refractivity contribution in [3.63, 3.8) is 0 Å². The highest BCUT2D eigenvalue weighted by Crippen LogP contribution is 2.33. The van der Waals surface area contributed by atoms with Crippen LogP contribution in [-0.4, -0.2) is 21.8 Å². The maximum absolute atomic E-state index is 12.0. The highest BCUT2D eigenvalue weighted by atomic mass is 16.5. The van der Waals surface area contributed by atoms with Crippen molar-refractivity contribution in [1.82, 2.24) is 9.13 Å². The minimum atomic E-state index is 0.136. The van der Waals surface area contributed by atoms with E-state index in [1.54, 1.807) is 4.57 Å². The van der Waals surface area contributed by atoms with Crippen molar-refractivity contribution < 1.29 is 4.74 Å². The molecule has 0 spiro atoms. The smallest absolute Gasteiger partial charge is 0.328 e. The van der Waals surface area contributed by atoms with Crippen LogP contribution in [-0.2, 0) is 11.3 Å². The second-order valence-corrected chi connectivity index (χ2v) is 4.86. The standard InChI is InChI=1S/C12H18N2O2/c15-12-13(6-7-14(12)10-4-5-10)9-11-3-1-2-8-16-11/h6-7,10-11H,1-5,8-9H2. The molecule has 16 heavy (non-hydrogen) atoms. The summed E-state index contributed by atoms with van der Waals surface area (Å²) in [6.45, 7) is 1.57. The fourth-order valence-corrected chi connectivity index (χ4v) is 2.37. The lowest BCUT2D eigenvalue weighted by atomic mass is 10.1. The normalized spacial score (nSPS) is 25.9. The number of imidazole rings is 1. The highest BCUT2D eigenvalue weighted by molar-refractivity contribution is 4.91. The van der Waals surface area contributed by atoms with E-state index in [2.05, 4.69) is 0 Å². The Morgan fingerprint density at radius 3 is 2.81 bits per heavy atom. The predicted molar refractivity (Wildman–Crippen MR) is 60.6 cm³/mol. The Morgan fingerprint density at radius 2 is 2.12 bits per heavy atom. The van der Waals surface area contributed by atoms with Gasteiger partial charge in [0.1, 0.15) is 0 Å². The topological polar surface area (TPSA) is 36.2 Å². The first-order valence-electron chi connectivity index (χ1n) is 6.23. The van der Waals surface area contributed by atoms with Crippen LogP contribution in [0.25, 0.3) is 0 Å². The summed E-state index contributed by atoms with van der Waals surface area (Å²) in [6.07, 6.45) is 9.84. The maximum Gasteiger partial charge on any atom is 0.328 e. The van der Waals surface area contributed by atoms with E-state index in [0.29, 0.717) is 6.04 Å². The third-order valence-corrected chi connectivity index (χ3v) is 3.49. The van der Waals surface area contributed by atoms with Crippen molar-refractivity contribution in [2.45, 2.75) is 50.8 Å². The van der Waals surface area contributed by atoms with Crippen molar-refractivity contribution in [3.05, 3.63) is 22.9 Å². The molecular formula is C12H18N2O2. The quantitative estimate of drug-likeness (QED) is 0.778. The molecule has 1 saturated heterocycles. The van der Waals surface area contributed by atoms with Crippen LogP contribution in [0.2, 0.25) is 0 Å². The zero-order valence-corrected chi connectivity index (χ0v) is 9.47. The molecule has 2 fully saturated rings. The van der Waals surface area contributed by atoms with Crippen LogP contribution in [0.1, 0.15) is 38.1 Å². The predicted octanol–water partition coefficient (Wildman–Crippen LogP) is 1.55. The molecule has 0 N–H and O–H groups in total. The third-order valence-electron chi connectivity index (χ3n) is 3.49. The minimum absolute atomic E-state index is 0.136. The fourth-order valence-electron chi connectivity index (χ4n) is 2.37. The van der Waals surface area contributed by atoms with Crippen LogP contribution in [0, 0.1) is 0 Å². The average molecular weight is 222 g/mol. The molecule has 1 unspecified atom stereocenters. The number of rotatable bonds is 3. The van der Waals surface area contributed by atoms with Crippen LogP contribution >= 0.6 is 0 Å². The number of ether oxygens (including phenoxy) is 1. The minimum Gasteiger partial charge on any atom is -0.376 e. The van der Waals surface area contributed by atoms with E-state index in [9.17, 15) is 4.79 Å². The molecule has 1 aromatic rings. The molecule has 0 bridgehead atoms. The summed E-state index contributed by atoms with van der Waals surface area (Å²) in [6, 6.07) is 0.473. The van der Waals surface area contributed by atoms with Crippen molar-refractivity contribution in [2.24, 2.45) is 0 Å². The van der Waals surface area contributed by atoms with E-state index in [1.165, 1.54) is 6.42 Å². The Labute approximate surface area is 94.8 Å². The van der Waals surface area contributed by atoms with Crippen LogP contribution in [0.3, 0.4) is 0 Å². The number of nitrogens with zero attached hydrogens (tertiary/aromatic N) is 2. The summed E-state index contributed by atoms with van der Waals surface area (Å²) in [4.78, 5) is 12.0. The number of hydrogen-bond acceptors (Lipinski definition) is 2. The van der Waals surface area contributed by atoms with E-state index < -0.39 is 0 Å². The molecule has 1 aromatic heterocycles. The van der Waals surface area contributed by atoms with Gasteiger partial charge in [-0.2, -0.15) is 0 Å². The second kappa shape index (κ2) is 4.09. The summed E-state index contributed by atoms with van der Waals surface area (Å²) in [7, 11) is 0. The average Bonchev–Trinajstić information content (AvgIpc) is 3.08. The van der Waals surface area contributed by atoms with Crippen LogP contribution in [0.15, 0.2) is 17.2 Å². The second-order valence-electron chi connectivity index (χ2n) is 4.86. The molecule has 1 saturated carbocycles. The molecule has 1 aliphatic heterocycles. The molecule has 0 amide bonds. The molecule has 0 aromatic carbocycles. The molecule has 4 nitrogen and oxygen atoms in total. The highest BCUT2D eigenvalue weighted by Gasteiger charge is 2.26. The van der Waals surface area contributed by atoms with Crippen molar-refractivity contribution in [3.8, 4) is 0 Å². The van der Waals surface area contributed by atoms with Crippen LogP contribution < -0.4 is 5.69 Å². The lowest BCUT2D eigenvalue weighted by molar-refractivity contribution is 0.00537. The Kier molecular flexibility index (Phi) is 2.59. The molecule has 3 rings (SSSR count). The SMILES string of the molecule is O=c1n(CC2CCCCO2)ccn1C1CC1. The molecular weight excluding hydrogens is 204 g/mol. The Hall–Kier alpha value is -1.03. The van der Waals surface area contributed by atoms with Gasteiger partial charge in [0.25, 0.3) is 0 Å². The lowest BCUT2D eigenvalue weighted by Gasteiger charge is -2.22. The van der Waals surface area contributed by atoms with Gasteiger partial charge in [-0.05, 0) is 32.1 Å². The van der Waals surface area contributed by atoms with Gasteiger partial charge in [-0.3, -0.25) is 9.13 Å². The summed E-state index contributed by atoms with van der Waals surface area (Å²) in [5, 5.41) is 0. The molecule has 88 valence electrons. The van der Waals surface area contributed by atoms with Crippen molar-refractivity contribution in [2.75, 3.05) is 6.61 Å². The summed E-state index contributed by atoms with van der Waals surface area (Å²) < 4.78 is 9.32. The summed E-state index contributed by atoms with van der Waals surface area (Å²) in [5.41, 5.74) is 0.136. The van der Waals surface area contributed by atoms with E-state index in [4.69, 9.17) is 4.74 Å². The van der Waals surface area contributed by atoms with Gasteiger partial charge in [0.2, 0.25) is 0 Å². The molecule has 4 heteroatoms. The first-order chi connectivity index (χ1) is 7.84. The Bertz CT molecular complexity index is 411. The first kappa shape index (κ1) is 10.1. The van der Waals surface area contributed by atoms with Crippen molar-refractivity contribution >= 4 is 0 Å². The van der Waals surface area contributed by atoms with Crippen LogP contribution in [0.4, 0.5) is 0 Å². The van der Waals surface area contributed by atoms with Gasteiger partial charge >= 0.3 is 5.69 Å². The lowest BCUT2D eigenvalue weighted by Crippen LogP contribution is -2.31. The molecule has 0 radical (unpaired) electrons. The largest absolute Gasteiger partial charge is 0.376 e. The maximum atomic E-state index is 12.0. The monoisotopic (exact) mass is 222 g/mol. The van der Waals surface area contributed by atoms with Crippen molar-refractivity contribution in [1.29, 1.82) is 0 Å². The molecule has 2 aliphatic rings. The Balaban J connectivity index is 1.71. The summed E-state index contributed by atoms with van der Waals surface area (Å²) in [5.74, 6) is 0. The zero-order valence-electron chi connectivity index (χ0n) is 9.47. The first-order valence-corrected chi connectivity index (χ1v) is 6.23. The third kappa shape index (κ3) is 1.94. The van der Waals surface area contributed by atoms with E-state index >= 15 is 0 Å². The summed E-state index contributed by atoms with van der Waals surface area (Å²) >= 11 is 0. The van der Waals surface area contributed by atoms with Gasteiger partial charge in [0.05, 0.1) is 12.6 Å². The van der Waals surface area contributed by atoms with Gasteiger partial charge in [-0.15, -0.1) is 0 Å². The van der Waals surface area contributed by atoms with Gasteiger partial charge in [0, 0.05) is 25.0 Å². The van der Waals surface area contributed by atoms with E-state index in [-0.39, 0.29) is 11.8 Å². The number of hydrogen-bond donors (Lipinski definition) is 0. The van der Waals surface area contributed by atoms with Gasteiger partial charge in [-0.25, -0.2) is 4.79 Å². The van der Waals surface area contributed by atoms with Gasteiger partial charge in [-0.1, -0.05) is 0 Å². The van der Waals surface area contributed by atoms with E-state index in [0.717, 1.165) is 38.8 Å². The number of aromatic nitrogens is 2. The molecule has 1 aliphatic carbocycles. The zero-order chi connectivity index (χ0) is 11.0. The molecule has 2 heterocycles. The fraction of sp³-hybridized carbons (Fsp3) is 0.750.